The third-order valence-corrected chi connectivity index (χ3v) is 9.35. The molecule has 4 heterocycles. The van der Waals surface area contributed by atoms with Crippen LogP contribution in [0.3, 0.4) is 0 Å². The number of aliphatic hydroxyl groups excluding tert-OH is 1. The third kappa shape index (κ3) is 3.41. The maximum atomic E-state index is 14.1. The molecule has 0 bridgehead atoms. The van der Waals surface area contributed by atoms with E-state index < -0.39 is 33.3 Å². The van der Waals surface area contributed by atoms with Gasteiger partial charge in [-0.2, -0.15) is 0 Å². The van der Waals surface area contributed by atoms with Crippen molar-refractivity contribution in [1.82, 2.24) is 4.90 Å². The first kappa shape index (κ1) is 23.5. The Morgan fingerprint density at radius 1 is 1.15 bits per heavy atom. The lowest BCUT2D eigenvalue weighted by atomic mass is 9.74. The second-order valence-corrected chi connectivity index (χ2v) is 11.5. The van der Waals surface area contributed by atoms with Crippen molar-refractivity contribution in [2.24, 2.45) is 11.8 Å². The minimum absolute atomic E-state index is 0.00652. The van der Waals surface area contributed by atoms with Crippen LogP contribution < -0.4 is 4.90 Å². The number of carbonyl (C=O) groups is 3. The van der Waals surface area contributed by atoms with Crippen LogP contribution in [0.2, 0.25) is 5.02 Å². The number of ether oxygens (including phenoxy) is 1. The van der Waals surface area contributed by atoms with E-state index in [1.807, 2.05) is 37.3 Å². The number of hydrogen-bond donors (Lipinski definition) is 1. The van der Waals surface area contributed by atoms with Crippen LogP contribution in [0.25, 0.3) is 0 Å². The average molecular weight is 503 g/mol. The van der Waals surface area contributed by atoms with Crippen molar-refractivity contribution >= 4 is 46.8 Å². The number of fused-ring (bicyclic) bond motifs is 2. The Labute approximate surface area is 207 Å². The predicted molar refractivity (Wildman–Crippen MR) is 131 cm³/mol. The Morgan fingerprint density at radius 2 is 1.94 bits per heavy atom. The monoisotopic (exact) mass is 502 g/mol. The molecule has 9 heteroatoms. The molecule has 34 heavy (non-hydrogen) atoms. The van der Waals surface area contributed by atoms with E-state index in [0.717, 1.165) is 12.8 Å². The molecule has 5 atom stereocenters. The van der Waals surface area contributed by atoms with E-state index >= 15 is 0 Å². The second kappa shape index (κ2) is 8.73. The zero-order valence-electron chi connectivity index (χ0n) is 18.9. The first-order chi connectivity index (χ1) is 16.3. The Balaban J connectivity index is 1.66. The van der Waals surface area contributed by atoms with E-state index in [1.54, 1.807) is 23.1 Å². The summed E-state index contributed by atoms with van der Waals surface area (Å²) >= 11 is 7.92. The third-order valence-electron chi connectivity index (χ3n) is 7.23. The molecule has 5 rings (SSSR count). The van der Waals surface area contributed by atoms with E-state index in [9.17, 15) is 19.5 Å². The van der Waals surface area contributed by atoms with E-state index in [2.05, 4.69) is 0 Å². The molecule has 0 radical (unpaired) electrons. The van der Waals surface area contributed by atoms with Gasteiger partial charge in [-0.05, 0) is 31.9 Å². The first-order valence-corrected chi connectivity index (χ1v) is 12.7. The molecule has 1 aromatic rings. The van der Waals surface area contributed by atoms with Crippen molar-refractivity contribution in [3.63, 3.8) is 0 Å². The quantitative estimate of drug-likeness (QED) is 0.505. The number of thioether (sulfide) groups is 1. The van der Waals surface area contributed by atoms with Crippen LogP contribution in [0.1, 0.15) is 19.8 Å². The van der Waals surface area contributed by atoms with Gasteiger partial charge < -0.3 is 19.6 Å². The van der Waals surface area contributed by atoms with Gasteiger partial charge in [0.2, 0.25) is 5.91 Å². The van der Waals surface area contributed by atoms with Crippen LogP contribution in [0.4, 0.5) is 5.69 Å². The summed E-state index contributed by atoms with van der Waals surface area (Å²) in [5.41, 5.74) is 0.562. The lowest BCUT2D eigenvalue weighted by Crippen LogP contribution is -2.54. The number of β-amino-alcohol motifs (C(OH)–C–C–N with tert-alkyl or cyclic N) is 1. The van der Waals surface area contributed by atoms with Gasteiger partial charge in [0.1, 0.15) is 6.04 Å². The molecule has 1 spiro atoms. The Kier molecular flexibility index (Phi) is 6.02. The summed E-state index contributed by atoms with van der Waals surface area (Å²) in [4.78, 5) is 44.3. The van der Waals surface area contributed by atoms with Gasteiger partial charge in [0, 0.05) is 17.8 Å². The van der Waals surface area contributed by atoms with E-state index in [4.69, 9.17) is 16.3 Å². The van der Waals surface area contributed by atoms with Gasteiger partial charge in [-0.1, -0.05) is 48.0 Å². The van der Waals surface area contributed by atoms with Gasteiger partial charge in [0.15, 0.2) is 0 Å². The predicted octanol–water partition coefficient (Wildman–Crippen LogP) is 2.82. The van der Waals surface area contributed by atoms with Gasteiger partial charge in [0.05, 0.1) is 40.5 Å². The molecule has 180 valence electrons. The molecular formula is C25H27ClN2O5S. The number of para-hydroxylation sites is 1. The highest BCUT2D eigenvalue weighted by molar-refractivity contribution is 8.02. The number of carbonyl (C=O) groups excluding carboxylic acids is 3. The number of likely N-dealkylation sites (tertiary alicyclic amines) is 1. The zero-order chi connectivity index (χ0) is 24.1. The number of nitrogens with zero attached hydrogens (tertiary/aromatic N) is 2. The topological polar surface area (TPSA) is 87.1 Å². The van der Waals surface area contributed by atoms with Crippen LogP contribution in [0.5, 0.6) is 0 Å². The molecule has 0 saturated carbocycles. The standard InChI is InChI=1S/C25H27ClN2O5S/c1-24-10-5-2-6-15-33-23(32)19(24)18-21(30)28(13-14-29)20-22(31)27(12-7-11-25(18,20)34-24)17-9-4-3-8-16(17)26/h3-5,7-11,18-20,29H,2,6,12-15H2,1H3/b10-5-/t18-,19-,20?,24+,25-/m0/s1. The lowest BCUT2D eigenvalue weighted by Gasteiger charge is -2.36. The van der Waals surface area contributed by atoms with Gasteiger partial charge in [0.25, 0.3) is 5.91 Å². The number of allylic oxidation sites excluding steroid dienone is 1. The largest absolute Gasteiger partial charge is 0.465 e. The van der Waals surface area contributed by atoms with Gasteiger partial charge >= 0.3 is 5.97 Å². The summed E-state index contributed by atoms with van der Waals surface area (Å²) in [7, 11) is 0. The van der Waals surface area contributed by atoms with Crippen molar-refractivity contribution in [3.8, 4) is 0 Å². The second-order valence-electron chi connectivity index (χ2n) is 9.27. The number of rotatable bonds is 3. The molecule has 1 aromatic carbocycles. The van der Waals surface area contributed by atoms with E-state index in [-0.39, 0.29) is 31.5 Å². The molecule has 2 amide bonds. The fourth-order valence-corrected chi connectivity index (χ4v) is 8.26. The molecule has 2 saturated heterocycles. The fourth-order valence-electron chi connectivity index (χ4n) is 5.87. The highest BCUT2D eigenvalue weighted by Gasteiger charge is 2.73. The van der Waals surface area contributed by atoms with Crippen molar-refractivity contribution < 1.29 is 24.2 Å². The van der Waals surface area contributed by atoms with Gasteiger partial charge in [-0.3, -0.25) is 14.4 Å². The normalized spacial score (nSPS) is 36.1. The summed E-state index contributed by atoms with van der Waals surface area (Å²) in [5.74, 6) is -2.50. The maximum absolute atomic E-state index is 14.1. The van der Waals surface area contributed by atoms with Crippen molar-refractivity contribution in [1.29, 1.82) is 0 Å². The average Bonchev–Trinajstić information content (AvgIpc) is 3.14. The number of cyclic esters (lactones) is 1. The first-order valence-electron chi connectivity index (χ1n) is 11.5. The molecule has 1 N–H and O–H groups in total. The van der Waals surface area contributed by atoms with Crippen LogP contribution in [-0.4, -0.2) is 69.6 Å². The molecule has 2 fully saturated rings. The molecular weight excluding hydrogens is 476 g/mol. The summed E-state index contributed by atoms with van der Waals surface area (Å²) in [6.45, 7) is 2.26. The molecule has 0 aliphatic carbocycles. The molecule has 4 aliphatic heterocycles. The van der Waals surface area contributed by atoms with Crippen LogP contribution >= 0.6 is 23.4 Å². The molecule has 7 nitrogen and oxygen atoms in total. The number of anilines is 1. The van der Waals surface area contributed by atoms with Crippen LogP contribution in [0, 0.1) is 11.8 Å². The van der Waals surface area contributed by atoms with Gasteiger partial charge in [-0.25, -0.2) is 0 Å². The van der Waals surface area contributed by atoms with Crippen molar-refractivity contribution in [2.75, 3.05) is 31.2 Å². The maximum Gasteiger partial charge on any atom is 0.311 e. The number of amides is 2. The highest BCUT2D eigenvalue weighted by Crippen LogP contribution is 2.65. The minimum atomic E-state index is -0.971. The Hall–Kier alpha value is -2.29. The highest BCUT2D eigenvalue weighted by atomic mass is 35.5. The van der Waals surface area contributed by atoms with E-state index in [1.165, 1.54) is 16.7 Å². The fraction of sp³-hybridized carbons (Fsp3) is 0.480. The van der Waals surface area contributed by atoms with Crippen LogP contribution in [0.15, 0.2) is 48.6 Å². The number of benzene rings is 1. The van der Waals surface area contributed by atoms with E-state index in [0.29, 0.717) is 17.3 Å². The molecule has 1 unspecified atom stereocenters. The lowest BCUT2D eigenvalue weighted by molar-refractivity contribution is -0.154. The van der Waals surface area contributed by atoms with Crippen LogP contribution in [-0.2, 0) is 19.1 Å². The van der Waals surface area contributed by atoms with Crippen molar-refractivity contribution in [3.05, 3.63) is 53.6 Å². The molecule has 0 aromatic heterocycles. The smallest absolute Gasteiger partial charge is 0.311 e. The minimum Gasteiger partial charge on any atom is -0.465 e. The summed E-state index contributed by atoms with van der Waals surface area (Å²) in [6, 6.07) is 6.22. The summed E-state index contributed by atoms with van der Waals surface area (Å²) in [5, 5.41) is 10.2. The van der Waals surface area contributed by atoms with Gasteiger partial charge in [-0.15, -0.1) is 11.8 Å². The number of halogens is 1. The summed E-state index contributed by atoms with van der Waals surface area (Å²) in [6.07, 6.45) is 9.38. The molecule has 4 aliphatic rings. The SMILES string of the molecule is C[C@@]12/C=C\CCCOC(=O)[C@@H]1[C@H]1C(=O)N(CCO)C3C(=O)N(c4ccccc4Cl)CC=C[C@@]31S2. The number of esters is 1. The Bertz CT molecular complexity index is 1090. The number of hydrogen-bond acceptors (Lipinski definition) is 6. The zero-order valence-corrected chi connectivity index (χ0v) is 20.4. The van der Waals surface area contributed by atoms with Crippen molar-refractivity contribution in [2.45, 2.75) is 35.3 Å². The summed E-state index contributed by atoms with van der Waals surface area (Å²) < 4.78 is 3.90. The number of aliphatic hydroxyl groups is 1. The Morgan fingerprint density at radius 3 is 2.71 bits per heavy atom.